The number of amides is 1. The molecule has 1 saturated carbocycles. The summed E-state index contributed by atoms with van der Waals surface area (Å²) < 4.78 is 0.882. The Hall–Kier alpha value is -0.870. The fraction of sp³-hybridized carbons (Fsp3) is 0.533. The normalized spacial score (nSPS) is 23.1. The number of hydrogen-bond donors (Lipinski definition) is 2. The predicted octanol–water partition coefficient (Wildman–Crippen LogP) is 3.00. The quantitative estimate of drug-likeness (QED) is 0.898. The van der Waals surface area contributed by atoms with Crippen molar-refractivity contribution in [2.24, 2.45) is 11.7 Å². The molecule has 104 valence electrons. The molecule has 19 heavy (non-hydrogen) atoms. The number of benzene rings is 1. The zero-order valence-electron chi connectivity index (χ0n) is 11.3. The third kappa shape index (κ3) is 3.37. The van der Waals surface area contributed by atoms with Gasteiger partial charge in [-0.05, 0) is 59.8 Å². The minimum atomic E-state index is 0.000856. The second-order valence-electron chi connectivity index (χ2n) is 5.30. The summed E-state index contributed by atoms with van der Waals surface area (Å²) in [6.07, 6.45) is 4.56. The van der Waals surface area contributed by atoms with Gasteiger partial charge in [0.05, 0.1) is 5.56 Å². The maximum absolute atomic E-state index is 12.4. The van der Waals surface area contributed by atoms with Crippen LogP contribution < -0.4 is 11.1 Å². The number of aryl methyl sites for hydroxylation is 1. The van der Waals surface area contributed by atoms with E-state index in [1.54, 1.807) is 0 Å². The van der Waals surface area contributed by atoms with Crippen LogP contribution in [0.5, 0.6) is 0 Å². The Labute approximate surface area is 123 Å². The molecule has 4 heteroatoms. The standard InChI is InChI=1S/C15H21BrN2O/c1-10-5-4-7-12(14(10)16)15(19)18-13-8-3-2-6-11(13)9-17/h4-5,7,11,13H,2-3,6,8-9,17H2,1H3,(H,18,19). The molecule has 1 fully saturated rings. The lowest BCUT2D eigenvalue weighted by molar-refractivity contribution is 0.0907. The summed E-state index contributed by atoms with van der Waals surface area (Å²) in [6.45, 7) is 2.64. The highest BCUT2D eigenvalue weighted by atomic mass is 79.9. The van der Waals surface area contributed by atoms with Gasteiger partial charge in [0.2, 0.25) is 0 Å². The second-order valence-corrected chi connectivity index (χ2v) is 6.09. The van der Waals surface area contributed by atoms with Crippen LogP contribution in [0.1, 0.15) is 41.6 Å². The van der Waals surface area contributed by atoms with E-state index in [2.05, 4.69) is 21.2 Å². The van der Waals surface area contributed by atoms with Gasteiger partial charge in [0.25, 0.3) is 5.91 Å². The van der Waals surface area contributed by atoms with Crippen LogP contribution in [0.15, 0.2) is 22.7 Å². The molecule has 1 aliphatic carbocycles. The molecule has 0 saturated heterocycles. The molecule has 0 aliphatic heterocycles. The molecule has 2 atom stereocenters. The van der Waals surface area contributed by atoms with Crippen molar-refractivity contribution in [1.29, 1.82) is 0 Å². The fourth-order valence-corrected chi connectivity index (χ4v) is 3.19. The number of carbonyl (C=O) groups is 1. The number of nitrogens with two attached hydrogens (primary N) is 1. The summed E-state index contributed by atoms with van der Waals surface area (Å²) in [6, 6.07) is 5.98. The number of hydrogen-bond acceptors (Lipinski definition) is 2. The van der Waals surface area contributed by atoms with E-state index in [9.17, 15) is 4.79 Å². The van der Waals surface area contributed by atoms with E-state index in [0.29, 0.717) is 18.0 Å². The summed E-state index contributed by atoms with van der Waals surface area (Å²) >= 11 is 3.49. The average molecular weight is 325 g/mol. The van der Waals surface area contributed by atoms with Crippen LogP contribution in [0.2, 0.25) is 0 Å². The summed E-state index contributed by atoms with van der Waals surface area (Å²) in [5.74, 6) is 0.419. The molecule has 1 amide bonds. The second kappa shape index (κ2) is 6.53. The van der Waals surface area contributed by atoms with Gasteiger partial charge >= 0.3 is 0 Å². The maximum Gasteiger partial charge on any atom is 0.252 e. The van der Waals surface area contributed by atoms with Crippen molar-refractivity contribution >= 4 is 21.8 Å². The van der Waals surface area contributed by atoms with Crippen LogP contribution in [0.25, 0.3) is 0 Å². The third-order valence-electron chi connectivity index (χ3n) is 3.96. The highest BCUT2D eigenvalue weighted by Gasteiger charge is 2.26. The Balaban J connectivity index is 2.09. The monoisotopic (exact) mass is 324 g/mol. The number of nitrogens with one attached hydrogen (secondary N) is 1. The van der Waals surface area contributed by atoms with Crippen LogP contribution in [0.4, 0.5) is 0 Å². The summed E-state index contributed by atoms with van der Waals surface area (Å²) in [4.78, 5) is 12.4. The molecule has 2 rings (SSSR count). The summed E-state index contributed by atoms with van der Waals surface area (Å²) in [5.41, 5.74) is 7.59. The zero-order chi connectivity index (χ0) is 13.8. The van der Waals surface area contributed by atoms with Gasteiger partial charge in [0, 0.05) is 10.5 Å². The van der Waals surface area contributed by atoms with Gasteiger partial charge in [-0.3, -0.25) is 4.79 Å². The van der Waals surface area contributed by atoms with Crippen molar-refractivity contribution < 1.29 is 4.79 Å². The molecule has 1 aliphatic rings. The van der Waals surface area contributed by atoms with Crippen LogP contribution in [-0.2, 0) is 0 Å². The Bertz CT molecular complexity index is 461. The first-order valence-electron chi connectivity index (χ1n) is 6.89. The molecule has 1 aromatic carbocycles. The first-order valence-corrected chi connectivity index (χ1v) is 7.69. The molecular formula is C15H21BrN2O. The lowest BCUT2D eigenvalue weighted by atomic mass is 9.84. The molecule has 2 unspecified atom stereocenters. The maximum atomic E-state index is 12.4. The number of halogens is 1. The van der Waals surface area contributed by atoms with Gasteiger partial charge in [-0.25, -0.2) is 0 Å². The van der Waals surface area contributed by atoms with Gasteiger partial charge in [-0.15, -0.1) is 0 Å². The van der Waals surface area contributed by atoms with Crippen molar-refractivity contribution in [3.8, 4) is 0 Å². The summed E-state index contributed by atoms with van der Waals surface area (Å²) in [5, 5.41) is 3.16. The first-order chi connectivity index (χ1) is 9.13. The van der Waals surface area contributed by atoms with E-state index in [0.717, 1.165) is 22.9 Å². The molecule has 0 heterocycles. The van der Waals surface area contributed by atoms with Crippen LogP contribution in [0, 0.1) is 12.8 Å². The highest BCUT2D eigenvalue weighted by molar-refractivity contribution is 9.10. The molecule has 1 aromatic rings. The van der Waals surface area contributed by atoms with Crippen molar-refractivity contribution in [1.82, 2.24) is 5.32 Å². The summed E-state index contributed by atoms with van der Waals surface area (Å²) in [7, 11) is 0. The van der Waals surface area contributed by atoms with Crippen molar-refractivity contribution in [2.45, 2.75) is 38.6 Å². The van der Waals surface area contributed by atoms with E-state index in [-0.39, 0.29) is 11.9 Å². The van der Waals surface area contributed by atoms with Crippen molar-refractivity contribution in [3.05, 3.63) is 33.8 Å². The minimum Gasteiger partial charge on any atom is -0.349 e. The molecule has 3 N–H and O–H groups in total. The molecule has 0 bridgehead atoms. The fourth-order valence-electron chi connectivity index (χ4n) is 2.75. The van der Waals surface area contributed by atoms with Gasteiger partial charge in [0.15, 0.2) is 0 Å². The predicted molar refractivity (Wildman–Crippen MR) is 81.1 cm³/mol. The van der Waals surface area contributed by atoms with Crippen LogP contribution in [0.3, 0.4) is 0 Å². The van der Waals surface area contributed by atoms with Gasteiger partial charge in [0.1, 0.15) is 0 Å². The Kier molecular flexibility index (Phi) is 4.99. The van der Waals surface area contributed by atoms with Gasteiger partial charge in [-0.2, -0.15) is 0 Å². The first kappa shape index (κ1) is 14.5. The van der Waals surface area contributed by atoms with E-state index < -0.39 is 0 Å². The average Bonchev–Trinajstić information content (AvgIpc) is 2.42. The zero-order valence-corrected chi connectivity index (χ0v) is 12.9. The molecule has 0 spiro atoms. The Morgan fingerprint density at radius 1 is 1.42 bits per heavy atom. The lowest BCUT2D eigenvalue weighted by Gasteiger charge is -2.31. The van der Waals surface area contributed by atoms with Gasteiger partial charge < -0.3 is 11.1 Å². The molecule has 3 nitrogen and oxygen atoms in total. The van der Waals surface area contributed by atoms with Gasteiger partial charge in [-0.1, -0.05) is 25.0 Å². The number of carbonyl (C=O) groups excluding carboxylic acids is 1. The highest BCUT2D eigenvalue weighted by Crippen LogP contribution is 2.25. The topological polar surface area (TPSA) is 55.1 Å². The molecule has 0 radical (unpaired) electrons. The van der Waals surface area contributed by atoms with Crippen molar-refractivity contribution in [2.75, 3.05) is 6.54 Å². The minimum absolute atomic E-state index is 0.000856. The van der Waals surface area contributed by atoms with E-state index in [1.165, 1.54) is 12.8 Å². The van der Waals surface area contributed by atoms with E-state index >= 15 is 0 Å². The Morgan fingerprint density at radius 3 is 2.89 bits per heavy atom. The lowest BCUT2D eigenvalue weighted by Crippen LogP contribution is -2.44. The van der Waals surface area contributed by atoms with E-state index in [4.69, 9.17) is 5.73 Å². The number of rotatable bonds is 3. The molecular weight excluding hydrogens is 304 g/mol. The third-order valence-corrected chi connectivity index (χ3v) is 5.02. The van der Waals surface area contributed by atoms with E-state index in [1.807, 2.05) is 25.1 Å². The smallest absolute Gasteiger partial charge is 0.252 e. The van der Waals surface area contributed by atoms with Crippen molar-refractivity contribution in [3.63, 3.8) is 0 Å². The van der Waals surface area contributed by atoms with Crippen LogP contribution >= 0.6 is 15.9 Å². The Morgan fingerprint density at radius 2 is 2.16 bits per heavy atom. The SMILES string of the molecule is Cc1cccc(C(=O)NC2CCCCC2CN)c1Br. The molecule has 0 aromatic heterocycles. The van der Waals surface area contributed by atoms with Crippen LogP contribution in [-0.4, -0.2) is 18.5 Å². The largest absolute Gasteiger partial charge is 0.349 e.